The maximum atomic E-state index is 12.6. The number of likely N-dealkylation sites (tertiary alicyclic amines) is 1. The summed E-state index contributed by atoms with van der Waals surface area (Å²) in [6.07, 6.45) is 9.57. The number of amides is 1. The Hall–Kier alpha value is -2.83. The molecule has 0 aliphatic carbocycles. The fourth-order valence-electron chi connectivity index (χ4n) is 5.14. The van der Waals surface area contributed by atoms with Crippen LogP contribution in [0.2, 0.25) is 0 Å². The molecule has 0 bridgehead atoms. The Morgan fingerprint density at radius 1 is 1.13 bits per heavy atom. The number of aromatic nitrogens is 2. The molecule has 0 unspecified atom stereocenters. The first-order chi connectivity index (χ1) is 15.2. The number of carbonyl (C=O) groups excluding carboxylic acids is 1. The molecule has 1 fully saturated rings. The Bertz CT molecular complexity index is 945. The molecule has 0 saturated carbocycles. The number of piperidine rings is 1. The van der Waals surface area contributed by atoms with E-state index in [1.807, 2.05) is 24.5 Å². The summed E-state index contributed by atoms with van der Waals surface area (Å²) in [5.74, 6) is 0.963. The van der Waals surface area contributed by atoms with E-state index in [4.69, 9.17) is 0 Å². The number of rotatable bonds is 6. The maximum absolute atomic E-state index is 12.6. The van der Waals surface area contributed by atoms with Crippen LogP contribution in [0.1, 0.15) is 37.7 Å². The number of benzene rings is 1. The molecule has 1 amide bonds. The molecule has 1 aromatic carbocycles. The van der Waals surface area contributed by atoms with Crippen molar-refractivity contribution in [3.63, 3.8) is 0 Å². The van der Waals surface area contributed by atoms with Crippen LogP contribution in [0.15, 0.2) is 35.7 Å². The van der Waals surface area contributed by atoms with E-state index in [9.17, 15) is 4.79 Å². The van der Waals surface area contributed by atoms with Gasteiger partial charge in [0.15, 0.2) is 0 Å². The SMILES string of the molecule is CN1CCC(CCC(=O)N2CCC(CN3CCc4cc(-c5cn[nH]c5)ccc43)CC2)=N1. The number of hydrogen-bond acceptors (Lipinski definition) is 5. The second-order valence-electron chi connectivity index (χ2n) is 9.15. The number of carbonyl (C=O) groups is 1. The lowest BCUT2D eigenvalue weighted by Crippen LogP contribution is -2.41. The Labute approximate surface area is 184 Å². The highest BCUT2D eigenvalue weighted by Crippen LogP contribution is 2.33. The Morgan fingerprint density at radius 3 is 2.74 bits per heavy atom. The van der Waals surface area contributed by atoms with Crippen molar-refractivity contribution >= 4 is 17.3 Å². The van der Waals surface area contributed by atoms with Gasteiger partial charge in [-0.05, 0) is 54.9 Å². The van der Waals surface area contributed by atoms with Crippen LogP contribution in [0, 0.1) is 5.92 Å². The molecule has 0 spiro atoms. The summed E-state index contributed by atoms with van der Waals surface area (Å²) in [6.45, 7) is 4.98. The van der Waals surface area contributed by atoms with Gasteiger partial charge in [-0.3, -0.25) is 14.9 Å². The normalized spacial score (nSPS) is 19.1. The molecule has 3 aliphatic heterocycles. The smallest absolute Gasteiger partial charge is 0.222 e. The van der Waals surface area contributed by atoms with Crippen LogP contribution >= 0.6 is 0 Å². The third-order valence-corrected chi connectivity index (χ3v) is 7.01. The maximum Gasteiger partial charge on any atom is 0.222 e. The lowest BCUT2D eigenvalue weighted by atomic mass is 9.95. The molecule has 164 valence electrons. The highest BCUT2D eigenvalue weighted by atomic mass is 16.2. The molecule has 3 aliphatic rings. The summed E-state index contributed by atoms with van der Waals surface area (Å²) < 4.78 is 0. The molecule has 0 atom stereocenters. The summed E-state index contributed by atoms with van der Waals surface area (Å²) in [6, 6.07) is 6.79. The van der Waals surface area contributed by atoms with Crippen LogP contribution < -0.4 is 4.90 Å². The van der Waals surface area contributed by atoms with Crippen LogP contribution in [0.25, 0.3) is 11.1 Å². The molecule has 31 heavy (non-hydrogen) atoms. The van der Waals surface area contributed by atoms with Crippen LogP contribution in [0.3, 0.4) is 0 Å². The number of anilines is 1. The average molecular weight is 421 g/mol. The molecule has 2 aromatic rings. The fraction of sp³-hybridized carbons (Fsp3) is 0.542. The lowest BCUT2D eigenvalue weighted by molar-refractivity contribution is -0.132. The first-order valence-electron chi connectivity index (χ1n) is 11.6. The molecule has 1 N–H and O–H groups in total. The Morgan fingerprint density at radius 2 is 2.00 bits per heavy atom. The summed E-state index contributed by atoms with van der Waals surface area (Å²) in [4.78, 5) is 17.2. The van der Waals surface area contributed by atoms with Crippen molar-refractivity contribution in [1.82, 2.24) is 20.1 Å². The quantitative estimate of drug-likeness (QED) is 0.780. The van der Waals surface area contributed by atoms with Gasteiger partial charge in [0.25, 0.3) is 0 Å². The second-order valence-corrected chi connectivity index (χ2v) is 9.15. The number of H-pyrrole nitrogens is 1. The van der Waals surface area contributed by atoms with E-state index < -0.39 is 0 Å². The second kappa shape index (κ2) is 8.73. The van der Waals surface area contributed by atoms with E-state index in [1.165, 1.54) is 22.5 Å². The number of nitrogens with one attached hydrogen (secondary N) is 1. The summed E-state index contributed by atoms with van der Waals surface area (Å²) in [5, 5.41) is 13.4. The Balaban J connectivity index is 1.11. The van der Waals surface area contributed by atoms with Crippen LogP contribution in [0.4, 0.5) is 5.69 Å². The molecular weight excluding hydrogens is 388 g/mol. The molecule has 1 aromatic heterocycles. The standard InChI is InChI=1S/C24H32N6O/c1-28-10-9-22(27-28)3-5-24(31)29-11-6-18(7-12-29)17-30-13-8-20-14-19(2-4-23(20)30)21-15-25-26-16-21/h2,4,14-16,18H,3,5-13,17H2,1H3,(H,25,26). The molecule has 7 nitrogen and oxygen atoms in total. The van der Waals surface area contributed by atoms with E-state index >= 15 is 0 Å². The highest BCUT2D eigenvalue weighted by molar-refractivity contribution is 5.89. The van der Waals surface area contributed by atoms with E-state index in [0.29, 0.717) is 18.2 Å². The van der Waals surface area contributed by atoms with Crippen molar-refractivity contribution in [2.75, 3.05) is 44.7 Å². The molecule has 1 saturated heterocycles. The van der Waals surface area contributed by atoms with Gasteiger partial charge in [0, 0.05) is 75.8 Å². The minimum Gasteiger partial charge on any atom is -0.371 e. The van der Waals surface area contributed by atoms with Crippen molar-refractivity contribution < 1.29 is 4.79 Å². The van der Waals surface area contributed by atoms with Gasteiger partial charge in [0.1, 0.15) is 0 Å². The fourth-order valence-corrected chi connectivity index (χ4v) is 5.14. The van der Waals surface area contributed by atoms with Gasteiger partial charge in [-0.25, -0.2) is 0 Å². The van der Waals surface area contributed by atoms with Gasteiger partial charge in [-0.1, -0.05) is 6.07 Å². The van der Waals surface area contributed by atoms with Crippen LogP contribution in [-0.4, -0.2) is 71.5 Å². The topological polar surface area (TPSA) is 67.8 Å². The molecule has 5 rings (SSSR count). The minimum absolute atomic E-state index is 0.300. The summed E-state index contributed by atoms with van der Waals surface area (Å²) >= 11 is 0. The first kappa shape index (κ1) is 20.1. The number of fused-ring (bicyclic) bond motifs is 1. The van der Waals surface area contributed by atoms with Crippen LogP contribution in [0.5, 0.6) is 0 Å². The van der Waals surface area contributed by atoms with Crippen molar-refractivity contribution in [2.45, 2.75) is 38.5 Å². The first-order valence-corrected chi connectivity index (χ1v) is 11.6. The van der Waals surface area contributed by atoms with E-state index in [-0.39, 0.29) is 0 Å². The molecular formula is C24H32N6O. The third kappa shape index (κ3) is 4.45. The summed E-state index contributed by atoms with van der Waals surface area (Å²) in [7, 11) is 2.00. The number of aromatic amines is 1. The minimum atomic E-state index is 0.300. The van der Waals surface area contributed by atoms with Crippen molar-refractivity contribution in [3.05, 3.63) is 36.2 Å². The number of hydrazone groups is 1. The van der Waals surface area contributed by atoms with Crippen molar-refractivity contribution in [3.8, 4) is 11.1 Å². The van der Waals surface area contributed by atoms with Gasteiger partial charge < -0.3 is 9.80 Å². The lowest BCUT2D eigenvalue weighted by Gasteiger charge is -2.34. The highest BCUT2D eigenvalue weighted by Gasteiger charge is 2.27. The predicted molar refractivity (Wildman–Crippen MR) is 123 cm³/mol. The predicted octanol–water partition coefficient (Wildman–Crippen LogP) is 3.15. The van der Waals surface area contributed by atoms with E-state index in [2.05, 4.69) is 43.3 Å². The molecule has 4 heterocycles. The monoisotopic (exact) mass is 420 g/mol. The zero-order valence-electron chi connectivity index (χ0n) is 18.4. The van der Waals surface area contributed by atoms with Crippen molar-refractivity contribution in [2.24, 2.45) is 11.0 Å². The van der Waals surface area contributed by atoms with Gasteiger partial charge in [-0.15, -0.1) is 0 Å². The van der Waals surface area contributed by atoms with Gasteiger partial charge in [-0.2, -0.15) is 10.2 Å². The number of hydrogen-bond donors (Lipinski definition) is 1. The molecule has 7 heteroatoms. The van der Waals surface area contributed by atoms with Gasteiger partial charge >= 0.3 is 0 Å². The average Bonchev–Trinajstić information content (AvgIpc) is 3.54. The Kier molecular flexibility index (Phi) is 5.66. The van der Waals surface area contributed by atoms with Crippen LogP contribution in [-0.2, 0) is 11.2 Å². The third-order valence-electron chi connectivity index (χ3n) is 7.01. The summed E-state index contributed by atoms with van der Waals surface area (Å²) in [5.41, 5.74) is 6.37. The number of nitrogens with zero attached hydrogens (tertiary/aromatic N) is 5. The molecule has 0 radical (unpaired) electrons. The van der Waals surface area contributed by atoms with Gasteiger partial charge in [0.05, 0.1) is 6.20 Å². The zero-order chi connectivity index (χ0) is 21.2. The van der Waals surface area contributed by atoms with E-state index in [0.717, 1.165) is 70.4 Å². The van der Waals surface area contributed by atoms with Gasteiger partial charge in [0.2, 0.25) is 5.91 Å². The largest absolute Gasteiger partial charge is 0.371 e. The zero-order valence-corrected chi connectivity index (χ0v) is 18.4. The van der Waals surface area contributed by atoms with E-state index in [1.54, 1.807) is 0 Å². The van der Waals surface area contributed by atoms with Crippen molar-refractivity contribution in [1.29, 1.82) is 0 Å².